The van der Waals surface area contributed by atoms with Crippen LogP contribution in [0.1, 0.15) is 30.7 Å². The summed E-state index contributed by atoms with van der Waals surface area (Å²) in [4.78, 5) is 12.3. The molecular formula is C16H18N2O2. The van der Waals surface area contributed by atoms with Gasteiger partial charge in [-0.05, 0) is 30.7 Å². The van der Waals surface area contributed by atoms with E-state index in [0.717, 1.165) is 12.0 Å². The van der Waals surface area contributed by atoms with E-state index in [9.17, 15) is 10.1 Å². The molecule has 20 heavy (non-hydrogen) atoms. The van der Waals surface area contributed by atoms with E-state index in [1.54, 1.807) is 0 Å². The molecule has 0 bridgehead atoms. The normalized spacial score (nSPS) is 26.8. The first kappa shape index (κ1) is 13.1. The zero-order valence-corrected chi connectivity index (χ0v) is 11.3. The maximum Gasteiger partial charge on any atom is 0.242 e. The number of ether oxygens (including phenoxy) is 1. The summed E-state index contributed by atoms with van der Waals surface area (Å²) in [7, 11) is 0. The van der Waals surface area contributed by atoms with E-state index < -0.39 is 5.92 Å². The Bertz CT molecular complexity index is 519. The highest BCUT2D eigenvalue weighted by Gasteiger charge is 2.41. The molecule has 1 aromatic carbocycles. The molecule has 0 spiro atoms. The molecule has 1 saturated carbocycles. The molecule has 1 aliphatic carbocycles. The number of hydrogen-bond acceptors (Lipinski definition) is 3. The largest absolute Gasteiger partial charge is 0.376 e. The van der Waals surface area contributed by atoms with E-state index in [-0.39, 0.29) is 18.1 Å². The molecule has 3 unspecified atom stereocenters. The van der Waals surface area contributed by atoms with Crippen LogP contribution in [0.4, 0.5) is 0 Å². The minimum atomic E-state index is -0.739. The van der Waals surface area contributed by atoms with Gasteiger partial charge in [0.1, 0.15) is 5.92 Å². The predicted octanol–water partition coefficient (Wildman–Crippen LogP) is 1.98. The smallest absolute Gasteiger partial charge is 0.242 e. The quantitative estimate of drug-likeness (QED) is 0.910. The third kappa shape index (κ3) is 2.68. The first-order valence-corrected chi connectivity index (χ1v) is 7.16. The number of nitriles is 1. The zero-order chi connectivity index (χ0) is 13.9. The molecule has 2 aliphatic rings. The van der Waals surface area contributed by atoms with Crippen molar-refractivity contribution in [3.63, 3.8) is 0 Å². The highest BCUT2D eigenvalue weighted by atomic mass is 16.5. The average Bonchev–Trinajstić information content (AvgIpc) is 3.21. The summed E-state index contributed by atoms with van der Waals surface area (Å²) in [5.41, 5.74) is 0.745. The summed E-state index contributed by atoms with van der Waals surface area (Å²) in [6.45, 7) is 0.703. The number of hydrogen-bond donors (Lipinski definition) is 1. The Morgan fingerprint density at radius 2 is 2.05 bits per heavy atom. The number of rotatable bonds is 4. The maximum atomic E-state index is 12.3. The fourth-order valence-electron chi connectivity index (χ4n) is 2.85. The number of nitrogens with zero attached hydrogens (tertiary/aromatic N) is 1. The molecule has 104 valence electrons. The van der Waals surface area contributed by atoms with Crippen LogP contribution in [0.5, 0.6) is 0 Å². The van der Waals surface area contributed by atoms with Crippen molar-refractivity contribution in [2.24, 2.45) is 5.92 Å². The second-order valence-corrected chi connectivity index (χ2v) is 5.55. The van der Waals surface area contributed by atoms with Gasteiger partial charge in [0.05, 0.1) is 18.2 Å². The molecule has 4 nitrogen and oxygen atoms in total. The summed E-state index contributed by atoms with van der Waals surface area (Å²) in [6.07, 6.45) is 3.38. The molecule has 4 heteroatoms. The van der Waals surface area contributed by atoms with Crippen LogP contribution < -0.4 is 5.32 Å². The molecule has 0 aromatic heterocycles. The third-order valence-corrected chi connectivity index (χ3v) is 4.07. The van der Waals surface area contributed by atoms with E-state index in [1.807, 2.05) is 30.3 Å². The number of benzene rings is 1. The van der Waals surface area contributed by atoms with Crippen LogP contribution in [-0.2, 0) is 9.53 Å². The Morgan fingerprint density at radius 1 is 1.30 bits per heavy atom. The second-order valence-electron chi connectivity index (χ2n) is 5.55. The standard InChI is InChI=1S/C16H18N2O2/c17-10-13(11-4-2-1-3-5-11)16(19)18-14-8-9-20-15(14)12-6-7-12/h1-5,12-15H,6-9H2,(H,18,19). The monoisotopic (exact) mass is 270 g/mol. The summed E-state index contributed by atoms with van der Waals surface area (Å²) in [6, 6.07) is 11.4. The molecule has 2 fully saturated rings. The van der Waals surface area contributed by atoms with Gasteiger partial charge in [-0.3, -0.25) is 4.79 Å². The van der Waals surface area contributed by atoms with Crippen LogP contribution in [0.3, 0.4) is 0 Å². The Hall–Kier alpha value is -1.86. The van der Waals surface area contributed by atoms with E-state index >= 15 is 0 Å². The lowest BCUT2D eigenvalue weighted by molar-refractivity contribution is -0.122. The fourth-order valence-corrected chi connectivity index (χ4v) is 2.85. The van der Waals surface area contributed by atoms with Crippen molar-refractivity contribution in [3.8, 4) is 6.07 Å². The highest BCUT2D eigenvalue weighted by molar-refractivity contribution is 5.86. The predicted molar refractivity (Wildman–Crippen MR) is 73.8 cm³/mol. The zero-order valence-electron chi connectivity index (χ0n) is 11.3. The Kier molecular flexibility index (Phi) is 3.70. The van der Waals surface area contributed by atoms with Crippen LogP contribution in [0.25, 0.3) is 0 Å². The molecule has 0 radical (unpaired) electrons. The van der Waals surface area contributed by atoms with Crippen LogP contribution in [-0.4, -0.2) is 24.7 Å². The number of carbonyl (C=O) groups excluding carboxylic acids is 1. The van der Waals surface area contributed by atoms with Gasteiger partial charge in [-0.15, -0.1) is 0 Å². The van der Waals surface area contributed by atoms with Crippen molar-refractivity contribution >= 4 is 5.91 Å². The molecule has 3 rings (SSSR count). The van der Waals surface area contributed by atoms with Gasteiger partial charge in [-0.2, -0.15) is 5.26 Å². The SMILES string of the molecule is N#CC(C(=O)NC1CCOC1C1CC1)c1ccccc1. The molecule has 1 N–H and O–H groups in total. The van der Waals surface area contributed by atoms with E-state index in [0.29, 0.717) is 12.5 Å². The van der Waals surface area contributed by atoms with E-state index in [1.165, 1.54) is 12.8 Å². The average molecular weight is 270 g/mol. The minimum Gasteiger partial charge on any atom is -0.376 e. The van der Waals surface area contributed by atoms with Gasteiger partial charge in [0.15, 0.2) is 0 Å². The lowest BCUT2D eigenvalue weighted by Crippen LogP contribution is -2.43. The Morgan fingerprint density at radius 3 is 2.70 bits per heavy atom. The Balaban J connectivity index is 1.67. The summed E-state index contributed by atoms with van der Waals surface area (Å²) >= 11 is 0. The number of nitrogens with one attached hydrogen (secondary N) is 1. The van der Waals surface area contributed by atoms with Crippen molar-refractivity contribution in [3.05, 3.63) is 35.9 Å². The molecule has 1 amide bonds. The fraction of sp³-hybridized carbons (Fsp3) is 0.500. The van der Waals surface area contributed by atoms with Crippen molar-refractivity contribution in [1.82, 2.24) is 5.32 Å². The van der Waals surface area contributed by atoms with Gasteiger partial charge in [0.2, 0.25) is 5.91 Å². The van der Waals surface area contributed by atoms with E-state index in [2.05, 4.69) is 11.4 Å². The summed E-state index contributed by atoms with van der Waals surface area (Å²) in [5, 5.41) is 12.3. The number of carbonyl (C=O) groups is 1. The van der Waals surface area contributed by atoms with E-state index in [4.69, 9.17) is 4.74 Å². The Labute approximate surface area is 118 Å². The van der Waals surface area contributed by atoms with Crippen LogP contribution in [0.15, 0.2) is 30.3 Å². The third-order valence-electron chi connectivity index (χ3n) is 4.07. The summed E-state index contributed by atoms with van der Waals surface area (Å²) < 4.78 is 5.71. The highest BCUT2D eigenvalue weighted by Crippen LogP contribution is 2.38. The second kappa shape index (κ2) is 5.64. The van der Waals surface area contributed by atoms with Crippen molar-refractivity contribution in [2.75, 3.05) is 6.61 Å². The van der Waals surface area contributed by atoms with Gasteiger partial charge in [0, 0.05) is 6.61 Å². The van der Waals surface area contributed by atoms with Gasteiger partial charge >= 0.3 is 0 Å². The van der Waals surface area contributed by atoms with Crippen molar-refractivity contribution in [2.45, 2.75) is 37.3 Å². The molecule has 3 atom stereocenters. The van der Waals surface area contributed by atoms with Gasteiger partial charge in [0.25, 0.3) is 0 Å². The lowest BCUT2D eigenvalue weighted by atomic mass is 9.98. The minimum absolute atomic E-state index is 0.0644. The van der Waals surface area contributed by atoms with Gasteiger partial charge in [-0.25, -0.2) is 0 Å². The molecule has 1 aromatic rings. The first-order valence-electron chi connectivity index (χ1n) is 7.16. The van der Waals surface area contributed by atoms with Crippen LogP contribution in [0.2, 0.25) is 0 Å². The molecule has 1 aliphatic heterocycles. The van der Waals surface area contributed by atoms with Crippen LogP contribution in [0, 0.1) is 17.2 Å². The maximum absolute atomic E-state index is 12.3. The summed E-state index contributed by atoms with van der Waals surface area (Å²) in [5.74, 6) is -0.350. The first-order chi connectivity index (χ1) is 9.79. The van der Waals surface area contributed by atoms with Crippen molar-refractivity contribution < 1.29 is 9.53 Å². The molecule has 1 saturated heterocycles. The van der Waals surface area contributed by atoms with Crippen molar-refractivity contribution in [1.29, 1.82) is 5.26 Å². The molecular weight excluding hydrogens is 252 g/mol. The number of amides is 1. The van der Waals surface area contributed by atoms with Crippen LogP contribution >= 0.6 is 0 Å². The van der Waals surface area contributed by atoms with Gasteiger partial charge < -0.3 is 10.1 Å². The van der Waals surface area contributed by atoms with Gasteiger partial charge in [-0.1, -0.05) is 30.3 Å². The topological polar surface area (TPSA) is 62.1 Å². The lowest BCUT2D eigenvalue weighted by Gasteiger charge is -2.21. The molecule has 1 heterocycles.